The van der Waals surface area contributed by atoms with E-state index in [9.17, 15) is 14.4 Å². The molecule has 0 fully saturated rings. The minimum atomic E-state index is -0.569. The average Bonchev–Trinajstić information content (AvgIpc) is 2.74. The fourth-order valence-corrected chi connectivity index (χ4v) is 3.57. The van der Waals surface area contributed by atoms with Crippen LogP contribution in [0.4, 0.5) is 0 Å². The summed E-state index contributed by atoms with van der Waals surface area (Å²) in [6.45, 7) is 4.14. The summed E-state index contributed by atoms with van der Waals surface area (Å²) in [5.74, 6) is 0.0235. The lowest BCUT2D eigenvalue weighted by atomic mass is 10.1. The van der Waals surface area contributed by atoms with Crippen LogP contribution in [0.5, 0.6) is 0 Å². The summed E-state index contributed by atoms with van der Waals surface area (Å²) in [6.07, 6.45) is 0. The Kier molecular flexibility index (Phi) is 6.66. The first-order valence-corrected chi connectivity index (χ1v) is 10.4. The second-order valence-corrected chi connectivity index (χ2v) is 7.48. The molecule has 0 aliphatic carbocycles. The Bertz CT molecular complexity index is 1090. The first-order valence-electron chi connectivity index (χ1n) is 9.22. The van der Waals surface area contributed by atoms with E-state index >= 15 is 0 Å². The van der Waals surface area contributed by atoms with Crippen LogP contribution in [0.25, 0.3) is 10.8 Å². The molecule has 0 aliphatic rings. The second-order valence-electron chi connectivity index (χ2n) is 6.50. The smallest absolute Gasteiger partial charge is 0.272 e. The number of amides is 2. The van der Waals surface area contributed by atoms with Gasteiger partial charge in [0.15, 0.2) is 5.69 Å². The molecule has 7 nitrogen and oxygen atoms in total. The lowest BCUT2D eigenvalue weighted by molar-refractivity contribution is -0.119. The SMILES string of the molecule is CCn1nc(C(=O)NNC(=O)CSCc2ccc(C)cc2)c2ccccc2c1=O. The maximum Gasteiger partial charge on any atom is 0.290 e. The van der Waals surface area contributed by atoms with E-state index < -0.39 is 5.91 Å². The first kappa shape index (κ1) is 20.6. The van der Waals surface area contributed by atoms with Gasteiger partial charge in [0.05, 0.1) is 11.1 Å². The molecule has 8 heteroatoms. The van der Waals surface area contributed by atoms with Gasteiger partial charge in [-0.05, 0) is 25.5 Å². The second kappa shape index (κ2) is 9.38. The standard InChI is InChI=1S/C21H22N4O3S/c1-3-25-21(28)17-7-5-4-6-16(17)19(24-25)20(27)23-22-18(26)13-29-12-15-10-8-14(2)9-11-15/h4-11H,3,12-13H2,1-2H3,(H,22,26)(H,23,27). The molecule has 0 unspecified atom stereocenters. The Balaban J connectivity index is 1.60. The Morgan fingerprint density at radius 1 is 1.03 bits per heavy atom. The van der Waals surface area contributed by atoms with Gasteiger partial charge in [-0.3, -0.25) is 25.2 Å². The molecule has 1 aromatic heterocycles. The number of nitrogens with zero attached hydrogens (tertiary/aromatic N) is 2. The van der Waals surface area contributed by atoms with Crippen LogP contribution in [0.15, 0.2) is 53.3 Å². The number of rotatable bonds is 6. The minimum Gasteiger partial charge on any atom is -0.272 e. The van der Waals surface area contributed by atoms with Gasteiger partial charge in [0, 0.05) is 17.7 Å². The average molecular weight is 410 g/mol. The van der Waals surface area contributed by atoms with Crippen molar-refractivity contribution in [1.29, 1.82) is 0 Å². The van der Waals surface area contributed by atoms with Crippen molar-refractivity contribution in [2.24, 2.45) is 0 Å². The summed E-state index contributed by atoms with van der Waals surface area (Å²) >= 11 is 1.45. The number of benzene rings is 2. The number of aromatic nitrogens is 2. The zero-order chi connectivity index (χ0) is 20.8. The van der Waals surface area contributed by atoms with Crippen molar-refractivity contribution in [2.75, 3.05) is 5.75 Å². The van der Waals surface area contributed by atoms with Crippen molar-refractivity contribution < 1.29 is 9.59 Å². The van der Waals surface area contributed by atoms with Gasteiger partial charge in [0.2, 0.25) is 5.91 Å². The molecule has 3 rings (SSSR count). The molecular formula is C21H22N4O3S. The van der Waals surface area contributed by atoms with Gasteiger partial charge >= 0.3 is 0 Å². The van der Waals surface area contributed by atoms with Crippen molar-refractivity contribution in [3.8, 4) is 0 Å². The number of hydrogen-bond acceptors (Lipinski definition) is 5. The summed E-state index contributed by atoms with van der Waals surface area (Å²) in [7, 11) is 0. The Morgan fingerprint density at radius 3 is 2.41 bits per heavy atom. The molecule has 2 N–H and O–H groups in total. The van der Waals surface area contributed by atoms with Gasteiger partial charge < -0.3 is 0 Å². The molecular weight excluding hydrogens is 388 g/mol. The molecule has 0 aliphatic heterocycles. The van der Waals surface area contributed by atoms with E-state index in [-0.39, 0.29) is 22.9 Å². The van der Waals surface area contributed by atoms with Crippen LogP contribution >= 0.6 is 11.8 Å². The van der Waals surface area contributed by atoms with Gasteiger partial charge in [-0.25, -0.2) is 4.68 Å². The highest BCUT2D eigenvalue weighted by Gasteiger charge is 2.16. The predicted molar refractivity (Wildman–Crippen MR) is 115 cm³/mol. The fraction of sp³-hybridized carbons (Fsp3) is 0.238. The van der Waals surface area contributed by atoms with E-state index in [0.717, 1.165) is 5.56 Å². The van der Waals surface area contributed by atoms with Crippen molar-refractivity contribution in [2.45, 2.75) is 26.1 Å². The number of aryl methyl sites for hydroxylation is 2. The summed E-state index contributed by atoms with van der Waals surface area (Å²) in [5.41, 5.74) is 6.96. The number of carbonyl (C=O) groups is 2. The summed E-state index contributed by atoms with van der Waals surface area (Å²) in [4.78, 5) is 37.0. The Labute approximate surface area is 172 Å². The molecule has 2 amide bonds. The molecule has 0 saturated carbocycles. The van der Waals surface area contributed by atoms with Gasteiger partial charge in [-0.1, -0.05) is 48.0 Å². The molecule has 0 atom stereocenters. The third-order valence-electron chi connectivity index (χ3n) is 4.32. The fourth-order valence-electron chi connectivity index (χ4n) is 2.78. The van der Waals surface area contributed by atoms with E-state index in [2.05, 4.69) is 16.0 Å². The van der Waals surface area contributed by atoms with Crippen LogP contribution in [-0.2, 0) is 17.1 Å². The summed E-state index contributed by atoms with van der Waals surface area (Å²) < 4.78 is 1.23. The normalized spacial score (nSPS) is 10.7. The summed E-state index contributed by atoms with van der Waals surface area (Å²) in [6, 6.07) is 14.9. The van der Waals surface area contributed by atoms with Crippen LogP contribution in [0.2, 0.25) is 0 Å². The molecule has 0 saturated heterocycles. The molecule has 0 radical (unpaired) electrons. The van der Waals surface area contributed by atoms with Crippen molar-refractivity contribution in [3.63, 3.8) is 0 Å². The number of hydrogen-bond donors (Lipinski definition) is 2. The lowest BCUT2D eigenvalue weighted by Gasteiger charge is -2.11. The van der Waals surface area contributed by atoms with Gasteiger partial charge in [-0.2, -0.15) is 5.10 Å². The van der Waals surface area contributed by atoms with E-state index in [1.165, 1.54) is 22.0 Å². The van der Waals surface area contributed by atoms with Crippen LogP contribution in [0, 0.1) is 6.92 Å². The lowest BCUT2D eigenvalue weighted by Crippen LogP contribution is -2.43. The number of fused-ring (bicyclic) bond motifs is 1. The van der Waals surface area contributed by atoms with Gasteiger partial charge in [0.25, 0.3) is 11.5 Å². The van der Waals surface area contributed by atoms with Crippen LogP contribution in [-0.4, -0.2) is 27.3 Å². The van der Waals surface area contributed by atoms with Gasteiger partial charge in [0.1, 0.15) is 0 Å². The first-order chi connectivity index (χ1) is 14.0. The van der Waals surface area contributed by atoms with Crippen LogP contribution < -0.4 is 16.4 Å². The van der Waals surface area contributed by atoms with Crippen molar-refractivity contribution in [3.05, 3.63) is 75.7 Å². The van der Waals surface area contributed by atoms with E-state index in [1.54, 1.807) is 31.2 Å². The zero-order valence-electron chi connectivity index (χ0n) is 16.3. The van der Waals surface area contributed by atoms with E-state index in [4.69, 9.17) is 0 Å². The highest BCUT2D eigenvalue weighted by Crippen LogP contribution is 2.14. The van der Waals surface area contributed by atoms with E-state index in [0.29, 0.717) is 23.1 Å². The molecule has 0 bridgehead atoms. The molecule has 29 heavy (non-hydrogen) atoms. The molecule has 3 aromatic rings. The number of thioether (sulfide) groups is 1. The topological polar surface area (TPSA) is 93.1 Å². The third kappa shape index (κ3) is 5.03. The predicted octanol–water partition coefficient (Wildman–Crippen LogP) is 2.42. The molecule has 0 spiro atoms. The number of nitrogens with one attached hydrogen (secondary N) is 2. The number of carbonyl (C=O) groups excluding carboxylic acids is 2. The highest BCUT2D eigenvalue weighted by molar-refractivity contribution is 7.99. The van der Waals surface area contributed by atoms with Crippen LogP contribution in [0.1, 0.15) is 28.5 Å². The van der Waals surface area contributed by atoms with Crippen LogP contribution in [0.3, 0.4) is 0 Å². The molecule has 1 heterocycles. The van der Waals surface area contributed by atoms with Crippen molar-refractivity contribution >= 4 is 34.3 Å². The molecule has 150 valence electrons. The Hall–Kier alpha value is -3.13. The monoisotopic (exact) mass is 410 g/mol. The summed E-state index contributed by atoms with van der Waals surface area (Å²) in [5, 5.41) is 5.00. The highest BCUT2D eigenvalue weighted by atomic mass is 32.2. The number of hydrazine groups is 1. The zero-order valence-corrected chi connectivity index (χ0v) is 17.1. The third-order valence-corrected chi connectivity index (χ3v) is 5.32. The quantitative estimate of drug-likeness (QED) is 0.609. The Morgan fingerprint density at radius 2 is 1.72 bits per heavy atom. The minimum absolute atomic E-state index is 0.0923. The maximum atomic E-state index is 12.6. The van der Waals surface area contributed by atoms with Crippen molar-refractivity contribution in [1.82, 2.24) is 20.6 Å². The maximum absolute atomic E-state index is 12.6. The molecule has 2 aromatic carbocycles. The van der Waals surface area contributed by atoms with Gasteiger partial charge in [-0.15, -0.1) is 11.8 Å². The largest absolute Gasteiger partial charge is 0.290 e. The van der Waals surface area contributed by atoms with E-state index in [1.807, 2.05) is 31.2 Å².